The van der Waals surface area contributed by atoms with E-state index in [9.17, 15) is 0 Å². The van der Waals surface area contributed by atoms with Gasteiger partial charge in [-0.1, -0.05) is 30.3 Å². The highest BCUT2D eigenvalue weighted by Crippen LogP contribution is 2.35. The Hall–Kier alpha value is -2.18. The van der Waals surface area contributed by atoms with Crippen LogP contribution in [0.5, 0.6) is 11.6 Å². The molecule has 0 aliphatic heterocycles. The average Bonchev–Trinajstić information content (AvgIpc) is 2.50. The number of benzene rings is 2. The molecule has 3 aromatic rings. The van der Waals surface area contributed by atoms with Gasteiger partial charge in [0.25, 0.3) is 0 Å². The number of hydrazine groups is 1. The van der Waals surface area contributed by atoms with Crippen molar-refractivity contribution in [2.45, 2.75) is 0 Å². The number of rotatable bonds is 3. The van der Waals surface area contributed by atoms with Crippen LogP contribution >= 0.6 is 15.9 Å². The minimum atomic E-state index is 0.372. The Kier molecular flexibility index (Phi) is 3.49. The monoisotopic (exact) mass is 330 g/mol. The number of aromatic nitrogens is 2. The van der Waals surface area contributed by atoms with Crippen LogP contribution in [0.1, 0.15) is 0 Å². The number of nitrogens with two attached hydrogens (primary N) is 1. The summed E-state index contributed by atoms with van der Waals surface area (Å²) in [6.45, 7) is 0. The van der Waals surface area contributed by atoms with E-state index in [4.69, 9.17) is 10.6 Å². The molecule has 0 fully saturated rings. The van der Waals surface area contributed by atoms with Gasteiger partial charge >= 0.3 is 0 Å². The van der Waals surface area contributed by atoms with Crippen molar-refractivity contribution < 1.29 is 4.74 Å². The quantitative estimate of drug-likeness (QED) is 0.568. The molecule has 100 valence electrons. The Morgan fingerprint density at radius 1 is 1.10 bits per heavy atom. The smallest absolute Gasteiger partial charge is 0.239 e. The Morgan fingerprint density at radius 2 is 1.95 bits per heavy atom. The third-order valence-corrected chi connectivity index (χ3v) is 3.62. The van der Waals surface area contributed by atoms with Crippen molar-refractivity contribution in [1.29, 1.82) is 0 Å². The SMILES string of the molecule is NNc1cncc(Oc2ccc3ccccc3c2Br)n1. The van der Waals surface area contributed by atoms with E-state index in [-0.39, 0.29) is 0 Å². The highest BCUT2D eigenvalue weighted by Gasteiger charge is 2.08. The standard InChI is InChI=1S/C14H11BrN4O/c15-14-10-4-2-1-3-9(10)5-6-11(14)20-13-8-17-7-12(18-13)19-16/h1-8H,16H2,(H,18,19). The van der Waals surface area contributed by atoms with Crippen LogP contribution in [0.4, 0.5) is 5.82 Å². The lowest BCUT2D eigenvalue weighted by Crippen LogP contribution is -2.09. The number of fused-ring (bicyclic) bond motifs is 1. The van der Waals surface area contributed by atoms with Gasteiger partial charge in [0.2, 0.25) is 5.88 Å². The molecule has 3 N–H and O–H groups in total. The number of ether oxygens (including phenoxy) is 1. The third kappa shape index (κ3) is 2.43. The molecular weight excluding hydrogens is 320 g/mol. The second-order valence-corrected chi connectivity index (χ2v) is 4.88. The van der Waals surface area contributed by atoms with E-state index in [1.54, 1.807) is 0 Å². The van der Waals surface area contributed by atoms with Gasteiger partial charge in [-0.25, -0.2) is 5.84 Å². The summed E-state index contributed by atoms with van der Waals surface area (Å²) < 4.78 is 6.62. The molecule has 1 aromatic heterocycles. The zero-order valence-corrected chi connectivity index (χ0v) is 12.0. The van der Waals surface area contributed by atoms with E-state index in [0.29, 0.717) is 17.4 Å². The predicted octanol–water partition coefficient (Wildman–Crippen LogP) is 3.47. The van der Waals surface area contributed by atoms with E-state index in [2.05, 4.69) is 31.3 Å². The lowest BCUT2D eigenvalue weighted by Gasteiger charge is -2.09. The summed E-state index contributed by atoms with van der Waals surface area (Å²) in [5, 5.41) is 2.21. The lowest BCUT2D eigenvalue weighted by molar-refractivity contribution is 0.459. The number of nitrogen functional groups attached to an aromatic ring is 1. The molecule has 0 saturated heterocycles. The summed E-state index contributed by atoms with van der Waals surface area (Å²) in [6.07, 6.45) is 3.05. The van der Waals surface area contributed by atoms with Crippen LogP contribution < -0.4 is 16.0 Å². The average molecular weight is 331 g/mol. The van der Waals surface area contributed by atoms with Crippen LogP contribution in [-0.4, -0.2) is 9.97 Å². The normalized spacial score (nSPS) is 10.5. The van der Waals surface area contributed by atoms with Gasteiger partial charge in [0.05, 0.1) is 16.9 Å². The van der Waals surface area contributed by atoms with Gasteiger partial charge in [0.15, 0.2) is 5.82 Å². The fourth-order valence-corrected chi connectivity index (χ4v) is 2.45. The number of nitrogens with zero attached hydrogens (tertiary/aromatic N) is 2. The van der Waals surface area contributed by atoms with Crippen LogP contribution in [0.15, 0.2) is 53.3 Å². The van der Waals surface area contributed by atoms with Crippen molar-refractivity contribution in [3.05, 3.63) is 53.3 Å². The first kappa shape index (κ1) is 12.8. The van der Waals surface area contributed by atoms with Crippen molar-refractivity contribution in [3.8, 4) is 11.6 Å². The summed E-state index contributed by atoms with van der Waals surface area (Å²) in [5.41, 5.74) is 2.43. The molecule has 0 spiro atoms. The topological polar surface area (TPSA) is 73.1 Å². The van der Waals surface area contributed by atoms with Crippen LogP contribution in [0.3, 0.4) is 0 Å². The molecule has 20 heavy (non-hydrogen) atoms. The summed E-state index contributed by atoms with van der Waals surface area (Å²) in [5.74, 6) is 6.79. The number of hydrogen-bond donors (Lipinski definition) is 2. The Bertz CT molecular complexity index is 763. The van der Waals surface area contributed by atoms with Gasteiger partial charge in [0.1, 0.15) is 5.75 Å². The maximum absolute atomic E-state index is 5.74. The molecule has 2 aromatic carbocycles. The number of anilines is 1. The molecule has 1 heterocycles. The Morgan fingerprint density at radius 3 is 2.80 bits per heavy atom. The third-order valence-electron chi connectivity index (χ3n) is 2.80. The second kappa shape index (κ2) is 5.44. The maximum atomic E-state index is 5.74. The van der Waals surface area contributed by atoms with E-state index >= 15 is 0 Å². The molecule has 0 aliphatic carbocycles. The molecule has 0 radical (unpaired) electrons. The van der Waals surface area contributed by atoms with Crippen molar-refractivity contribution >= 4 is 32.5 Å². The lowest BCUT2D eigenvalue weighted by atomic mass is 10.1. The van der Waals surface area contributed by atoms with Crippen molar-refractivity contribution in [2.75, 3.05) is 5.43 Å². The minimum absolute atomic E-state index is 0.372. The molecule has 5 nitrogen and oxygen atoms in total. The van der Waals surface area contributed by atoms with Crippen LogP contribution in [-0.2, 0) is 0 Å². The fourth-order valence-electron chi connectivity index (χ4n) is 1.87. The van der Waals surface area contributed by atoms with Gasteiger partial charge in [0, 0.05) is 0 Å². The molecule has 6 heteroatoms. The summed E-state index contributed by atoms with van der Waals surface area (Å²) >= 11 is 3.56. The van der Waals surface area contributed by atoms with Gasteiger partial charge in [-0.3, -0.25) is 4.98 Å². The Balaban J connectivity index is 2.00. The first-order valence-electron chi connectivity index (χ1n) is 5.91. The van der Waals surface area contributed by atoms with Gasteiger partial charge in [-0.15, -0.1) is 0 Å². The van der Waals surface area contributed by atoms with Crippen LogP contribution in [0.2, 0.25) is 0 Å². The maximum Gasteiger partial charge on any atom is 0.239 e. The summed E-state index contributed by atoms with van der Waals surface area (Å²) in [6, 6.07) is 11.9. The zero-order valence-electron chi connectivity index (χ0n) is 10.4. The highest BCUT2D eigenvalue weighted by atomic mass is 79.9. The van der Waals surface area contributed by atoms with Crippen molar-refractivity contribution in [1.82, 2.24) is 9.97 Å². The van der Waals surface area contributed by atoms with Crippen molar-refractivity contribution in [2.24, 2.45) is 5.84 Å². The largest absolute Gasteiger partial charge is 0.436 e. The van der Waals surface area contributed by atoms with Crippen LogP contribution in [0, 0.1) is 0 Å². The Labute approximate surface area is 123 Å². The summed E-state index contributed by atoms with van der Waals surface area (Å²) in [7, 11) is 0. The molecule has 0 bridgehead atoms. The second-order valence-electron chi connectivity index (χ2n) is 4.09. The molecule has 0 amide bonds. The number of hydrogen-bond acceptors (Lipinski definition) is 5. The van der Waals surface area contributed by atoms with Gasteiger partial charge in [-0.2, -0.15) is 4.98 Å². The summed E-state index contributed by atoms with van der Waals surface area (Å²) in [4.78, 5) is 8.16. The number of nitrogens with one attached hydrogen (secondary N) is 1. The molecule has 0 atom stereocenters. The van der Waals surface area contributed by atoms with Gasteiger partial charge < -0.3 is 10.2 Å². The van der Waals surface area contributed by atoms with E-state index in [1.165, 1.54) is 12.4 Å². The zero-order chi connectivity index (χ0) is 13.9. The van der Waals surface area contributed by atoms with Crippen molar-refractivity contribution in [3.63, 3.8) is 0 Å². The predicted molar refractivity (Wildman–Crippen MR) is 81.6 cm³/mol. The molecule has 0 unspecified atom stereocenters. The van der Waals surface area contributed by atoms with E-state index < -0.39 is 0 Å². The minimum Gasteiger partial charge on any atom is -0.436 e. The van der Waals surface area contributed by atoms with E-state index in [1.807, 2.05) is 36.4 Å². The first-order chi connectivity index (χ1) is 9.78. The highest BCUT2D eigenvalue weighted by molar-refractivity contribution is 9.10. The molecule has 3 rings (SSSR count). The van der Waals surface area contributed by atoms with E-state index in [0.717, 1.165) is 15.2 Å². The first-order valence-corrected chi connectivity index (χ1v) is 6.71. The molecule has 0 saturated carbocycles. The molecule has 0 aliphatic rings. The van der Waals surface area contributed by atoms with Gasteiger partial charge in [-0.05, 0) is 32.8 Å². The number of halogens is 1. The van der Waals surface area contributed by atoms with Crippen LogP contribution in [0.25, 0.3) is 10.8 Å². The fraction of sp³-hybridized carbons (Fsp3) is 0. The molecular formula is C14H11BrN4O.